The Kier molecular flexibility index (Phi) is 4.92. The molecule has 1 unspecified atom stereocenters. The van der Waals surface area contributed by atoms with Gasteiger partial charge in [0.2, 0.25) is 17.4 Å². The van der Waals surface area contributed by atoms with Crippen molar-refractivity contribution in [2.24, 2.45) is 0 Å². The smallest absolute Gasteiger partial charge is 0.326 e. The molecule has 0 amide bonds. The molecule has 0 radical (unpaired) electrons. The van der Waals surface area contributed by atoms with Gasteiger partial charge in [-0.3, -0.25) is 4.79 Å². The first-order valence-corrected chi connectivity index (χ1v) is 13.9. The lowest BCUT2D eigenvalue weighted by molar-refractivity contribution is 0.452. The number of aromatic nitrogens is 4. The maximum absolute atomic E-state index is 12.6. The van der Waals surface area contributed by atoms with E-state index in [0.717, 1.165) is 39.7 Å². The van der Waals surface area contributed by atoms with Gasteiger partial charge in [0.1, 0.15) is 17.0 Å². The van der Waals surface area contributed by atoms with E-state index in [9.17, 15) is 4.79 Å². The van der Waals surface area contributed by atoms with Crippen LogP contribution in [0.3, 0.4) is 0 Å². The fraction of sp³-hybridized carbons (Fsp3) is 0.147. The van der Waals surface area contributed by atoms with Crippen molar-refractivity contribution in [3.05, 3.63) is 107 Å². The number of ether oxygens (including phenoxy) is 1. The Morgan fingerprint density at radius 3 is 2.60 bits per heavy atom. The number of nitrogens with zero attached hydrogens (tertiary/aromatic N) is 4. The molecule has 0 saturated heterocycles. The van der Waals surface area contributed by atoms with Crippen molar-refractivity contribution < 1.29 is 9.15 Å². The van der Waals surface area contributed by atoms with Crippen LogP contribution in [-0.2, 0) is 5.41 Å². The molecule has 206 valence electrons. The summed E-state index contributed by atoms with van der Waals surface area (Å²) in [5.74, 6) is 2.69. The number of rotatable bonds is 3. The molecule has 0 bridgehead atoms. The molecule has 0 spiro atoms. The van der Waals surface area contributed by atoms with Crippen LogP contribution in [-0.4, -0.2) is 26.6 Å². The number of H-pyrrole nitrogens is 1. The van der Waals surface area contributed by atoms with E-state index in [0.29, 0.717) is 33.7 Å². The third-order valence-corrected chi connectivity index (χ3v) is 8.24. The Balaban J connectivity index is 1.32. The summed E-state index contributed by atoms with van der Waals surface area (Å²) in [5.41, 5.74) is 6.01. The molecule has 0 fully saturated rings. The van der Waals surface area contributed by atoms with Crippen LogP contribution in [0.25, 0.3) is 38.8 Å². The van der Waals surface area contributed by atoms with E-state index in [-0.39, 0.29) is 15.3 Å². The van der Waals surface area contributed by atoms with Gasteiger partial charge in [0.05, 0.1) is 23.5 Å². The monoisotopic (exact) mass is 554 g/mol. The topological polar surface area (TPSA) is 85.9 Å². The second kappa shape index (κ2) is 8.41. The van der Waals surface area contributed by atoms with E-state index >= 15 is 0 Å². The molecule has 1 aliphatic heterocycles. The minimum Gasteiger partial charge on any atom is -0.440 e. The largest absolute Gasteiger partial charge is 0.440 e. The number of furan rings is 1. The predicted molar refractivity (Wildman–Crippen MR) is 165 cm³/mol. The number of hydrogen-bond donors (Lipinski definition) is 1. The van der Waals surface area contributed by atoms with Gasteiger partial charge in [-0.05, 0) is 47.4 Å². The zero-order valence-electron chi connectivity index (χ0n) is 23.7. The first kappa shape index (κ1) is 24.6. The molecule has 7 aromatic rings. The van der Waals surface area contributed by atoms with Crippen LogP contribution >= 0.6 is 0 Å². The van der Waals surface area contributed by atoms with Gasteiger partial charge in [0.15, 0.2) is 11.1 Å². The van der Waals surface area contributed by atoms with Gasteiger partial charge in [-0.2, -0.15) is 14.5 Å². The van der Waals surface area contributed by atoms with E-state index in [1.807, 2.05) is 42.5 Å². The summed E-state index contributed by atoms with van der Waals surface area (Å²) in [6.45, 7) is 6.54. The van der Waals surface area contributed by atoms with Crippen LogP contribution in [0.15, 0.2) is 100 Å². The van der Waals surface area contributed by atoms with Crippen molar-refractivity contribution >= 4 is 50.6 Å². The van der Waals surface area contributed by atoms with E-state index in [1.165, 1.54) is 6.07 Å². The van der Waals surface area contributed by atoms with Crippen LogP contribution in [0.5, 0.6) is 11.6 Å². The third kappa shape index (κ3) is 3.42. The van der Waals surface area contributed by atoms with Gasteiger partial charge < -0.3 is 14.1 Å². The molecule has 42 heavy (non-hydrogen) atoms. The second-order valence-electron chi connectivity index (χ2n) is 11.9. The van der Waals surface area contributed by atoms with Crippen molar-refractivity contribution in [1.82, 2.24) is 24.0 Å². The van der Waals surface area contributed by atoms with Gasteiger partial charge >= 0.3 is 5.95 Å². The third-order valence-electron chi connectivity index (χ3n) is 8.24. The molecule has 5 heterocycles. The Bertz CT molecular complexity index is 2270. The second-order valence-corrected chi connectivity index (χ2v) is 11.9. The molecule has 1 N–H and O–H groups in total. The highest BCUT2D eigenvalue weighted by molar-refractivity contribution is 6.03. The molecule has 3 aromatic carbocycles. The molecule has 0 aliphatic carbocycles. The lowest BCUT2D eigenvalue weighted by Gasteiger charge is -2.28. The van der Waals surface area contributed by atoms with Crippen molar-refractivity contribution in [3.8, 4) is 17.3 Å². The van der Waals surface area contributed by atoms with Crippen molar-refractivity contribution in [1.29, 1.82) is 0 Å². The summed E-state index contributed by atoms with van der Waals surface area (Å²) in [4.78, 5) is 25.9. The predicted octanol–water partition coefficient (Wildman–Crippen LogP) is 8.01. The first-order valence-electron chi connectivity index (χ1n) is 13.9. The zero-order chi connectivity index (χ0) is 28.8. The van der Waals surface area contributed by atoms with Crippen molar-refractivity contribution in [2.45, 2.75) is 26.2 Å². The fourth-order valence-corrected chi connectivity index (χ4v) is 6.01. The normalized spacial score (nSPS) is 16.3. The van der Waals surface area contributed by atoms with E-state index in [4.69, 9.17) is 19.1 Å². The van der Waals surface area contributed by atoms with Crippen LogP contribution in [0.2, 0.25) is 0 Å². The molecular weight excluding hydrogens is 526 g/mol. The molecule has 1 atom stereocenters. The van der Waals surface area contributed by atoms with Gasteiger partial charge in [0.25, 0.3) is 0 Å². The van der Waals surface area contributed by atoms with Gasteiger partial charge in [-0.25, -0.2) is 4.57 Å². The molecule has 1 aliphatic rings. The Hall–Kier alpha value is -5.21. The zero-order valence-corrected chi connectivity index (χ0v) is 23.7. The minimum atomic E-state index is -0.174. The Morgan fingerprint density at radius 2 is 1.74 bits per heavy atom. The van der Waals surface area contributed by atoms with E-state index < -0.39 is 0 Å². The number of pyridine rings is 2. The van der Waals surface area contributed by atoms with Crippen molar-refractivity contribution in [2.75, 3.05) is 7.05 Å². The first-order chi connectivity index (χ1) is 20.2. The number of quaternary nitrogens is 1. The summed E-state index contributed by atoms with van der Waals surface area (Å²) in [6, 6.07) is 27.7. The number of imidazole rings is 1. The standard InChI is InChI=1S/C34H27N5O3/c1-34(2,3)20-17-29(39(4)26-12-8-7-11-25(26)38-24-10-6-5-9-23(24)36-33(38)39)37-30(18-20)41-21-13-14-28-22(19-21)31-27(40)15-16-35-32(31)42-28/h5-19H,1-4H3/p+1. The molecule has 8 rings (SSSR count). The molecule has 8 nitrogen and oxygen atoms in total. The molecule has 4 aromatic heterocycles. The molecule has 8 heteroatoms. The quantitative estimate of drug-likeness (QED) is 0.224. The summed E-state index contributed by atoms with van der Waals surface area (Å²) in [6.07, 6.45) is 1.59. The van der Waals surface area contributed by atoms with Gasteiger partial charge in [0, 0.05) is 35.8 Å². The summed E-state index contributed by atoms with van der Waals surface area (Å²) in [7, 11) is 2.14. The highest BCUT2D eigenvalue weighted by Gasteiger charge is 2.47. The highest BCUT2D eigenvalue weighted by atomic mass is 16.5. The number of nitrogens with one attached hydrogen (secondary N) is 1. The van der Waals surface area contributed by atoms with Crippen LogP contribution < -0.4 is 14.6 Å². The van der Waals surface area contributed by atoms with E-state index in [1.54, 1.807) is 6.20 Å². The highest BCUT2D eigenvalue weighted by Crippen LogP contribution is 2.52. The summed E-state index contributed by atoms with van der Waals surface area (Å²) < 4.78 is 14.8. The SMILES string of the molecule is CC(C)(C)c1cc(Oc2ccc3oc4[nH]ccc(=O)c4c3c2)nc([N+]2(C)c3ccccc3-n3c2nc2ccccc23)c1. The lowest BCUT2D eigenvalue weighted by atomic mass is 9.87. The summed E-state index contributed by atoms with van der Waals surface area (Å²) >= 11 is 0. The lowest BCUT2D eigenvalue weighted by Crippen LogP contribution is -2.34. The maximum Gasteiger partial charge on any atom is 0.326 e. The number of aromatic amines is 1. The van der Waals surface area contributed by atoms with E-state index in [2.05, 4.69) is 73.8 Å². The fourth-order valence-electron chi connectivity index (χ4n) is 6.01. The Labute approximate surface area is 241 Å². The number of benzene rings is 3. The number of fused-ring (bicyclic) bond motifs is 8. The van der Waals surface area contributed by atoms with Crippen molar-refractivity contribution in [3.63, 3.8) is 0 Å². The van der Waals surface area contributed by atoms with Crippen LogP contribution in [0.1, 0.15) is 26.3 Å². The average molecular weight is 555 g/mol. The average Bonchev–Trinajstić information content (AvgIpc) is 3.62. The maximum atomic E-state index is 12.6. The minimum absolute atomic E-state index is 0.109. The Morgan fingerprint density at radius 1 is 0.929 bits per heavy atom. The summed E-state index contributed by atoms with van der Waals surface area (Å²) in [5, 5.41) is 1.19. The van der Waals surface area contributed by atoms with Gasteiger partial charge in [-0.15, -0.1) is 0 Å². The number of para-hydroxylation sites is 4. The van der Waals surface area contributed by atoms with Crippen LogP contribution in [0, 0.1) is 0 Å². The van der Waals surface area contributed by atoms with Crippen LogP contribution in [0.4, 0.5) is 17.5 Å². The number of hydrogen-bond acceptors (Lipinski definition) is 5. The molecule has 0 saturated carbocycles. The molecular formula is C34H28N5O3+. The van der Waals surface area contributed by atoms with Gasteiger partial charge in [-0.1, -0.05) is 45.0 Å².